The van der Waals surface area contributed by atoms with Gasteiger partial charge < -0.3 is 10.2 Å². The Morgan fingerprint density at radius 3 is 2.53 bits per heavy atom. The fourth-order valence-electron chi connectivity index (χ4n) is 1.84. The van der Waals surface area contributed by atoms with Crippen LogP contribution in [-0.2, 0) is 16.3 Å². The molecule has 0 aromatic heterocycles. The van der Waals surface area contributed by atoms with Crippen LogP contribution in [0.3, 0.4) is 0 Å². The minimum atomic E-state index is -3.20. The van der Waals surface area contributed by atoms with E-state index in [9.17, 15) is 18.6 Å². The number of hydrogen-bond acceptors (Lipinski definition) is 4. The maximum Gasteiger partial charge on any atom is 0.178 e. The van der Waals surface area contributed by atoms with Crippen molar-refractivity contribution in [3.05, 3.63) is 29.8 Å². The first-order chi connectivity index (χ1) is 8.86. The molecule has 0 aliphatic heterocycles. The minimum Gasteiger partial charge on any atom is -0.391 e. The van der Waals surface area contributed by atoms with Gasteiger partial charge >= 0.3 is 0 Å². The second kappa shape index (κ2) is 7.03. The van der Waals surface area contributed by atoms with Crippen molar-refractivity contribution in [3.8, 4) is 0 Å². The third-order valence-corrected chi connectivity index (χ3v) is 4.93. The van der Waals surface area contributed by atoms with Gasteiger partial charge in [0.25, 0.3) is 0 Å². The molecule has 0 amide bonds. The maximum atomic E-state index is 11.9. The van der Waals surface area contributed by atoms with Crippen molar-refractivity contribution < 1.29 is 18.6 Å². The van der Waals surface area contributed by atoms with E-state index in [0.29, 0.717) is 24.2 Å². The van der Waals surface area contributed by atoms with Crippen molar-refractivity contribution in [2.75, 3.05) is 5.75 Å². The summed E-state index contributed by atoms with van der Waals surface area (Å²) in [6.45, 7) is 3.37. The van der Waals surface area contributed by atoms with Gasteiger partial charge in [0, 0.05) is 0 Å². The molecule has 2 unspecified atom stereocenters. The Morgan fingerprint density at radius 2 is 1.95 bits per heavy atom. The lowest BCUT2D eigenvalue weighted by Gasteiger charge is -2.13. The summed E-state index contributed by atoms with van der Waals surface area (Å²) in [5.74, 6) is 0.146. The molecule has 1 aromatic carbocycles. The van der Waals surface area contributed by atoms with Crippen molar-refractivity contribution in [2.24, 2.45) is 0 Å². The van der Waals surface area contributed by atoms with E-state index in [1.54, 1.807) is 18.2 Å². The second-order valence-electron chi connectivity index (χ2n) is 4.81. The third-order valence-electron chi connectivity index (χ3n) is 3.02. The van der Waals surface area contributed by atoms with Crippen molar-refractivity contribution in [2.45, 2.75) is 50.2 Å². The van der Waals surface area contributed by atoms with Gasteiger partial charge in [-0.1, -0.05) is 19.1 Å². The molecule has 1 aromatic rings. The van der Waals surface area contributed by atoms with Gasteiger partial charge in [0.1, 0.15) is 0 Å². The quantitative estimate of drug-likeness (QED) is 0.797. The van der Waals surface area contributed by atoms with Gasteiger partial charge in [-0.15, -0.1) is 0 Å². The lowest BCUT2D eigenvalue weighted by Crippen LogP contribution is -2.22. The Hall–Kier alpha value is -0.910. The zero-order valence-corrected chi connectivity index (χ0v) is 12.2. The van der Waals surface area contributed by atoms with Gasteiger partial charge in [0.05, 0.1) is 22.9 Å². The summed E-state index contributed by atoms with van der Waals surface area (Å²) < 4.78 is 23.9. The molecule has 0 fully saturated rings. The van der Waals surface area contributed by atoms with Crippen LogP contribution in [0, 0.1) is 0 Å². The van der Waals surface area contributed by atoms with Crippen LogP contribution < -0.4 is 0 Å². The van der Waals surface area contributed by atoms with Crippen LogP contribution in [0.1, 0.15) is 32.3 Å². The molecule has 2 atom stereocenters. The number of benzene rings is 1. The Morgan fingerprint density at radius 1 is 1.26 bits per heavy atom. The van der Waals surface area contributed by atoms with E-state index < -0.39 is 22.0 Å². The fourth-order valence-corrected chi connectivity index (χ4v) is 3.23. The monoisotopic (exact) mass is 286 g/mol. The number of hydrogen-bond donors (Lipinski definition) is 2. The topological polar surface area (TPSA) is 74.6 Å². The summed E-state index contributed by atoms with van der Waals surface area (Å²) in [5, 5.41) is 18.7. The largest absolute Gasteiger partial charge is 0.391 e. The molecular weight excluding hydrogens is 264 g/mol. The molecule has 0 spiro atoms. The molecule has 4 nitrogen and oxygen atoms in total. The highest BCUT2D eigenvalue weighted by atomic mass is 32.2. The van der Waals surface area contributed by atoms with Crippen LogP contribution in [0.5, 0.6) is 0 Å². The first-order valence-electron chi connectivity index (χ1n) is 6.54. The molecular formula is C14H22O4S. The molecule has 108 valence electrons. The molecule has 0 saturated carbocycles. The van der Waals surface area contributed by atoms with E-state index in [4.69, 9.17) is 0 Å². The smallest absolute Gasteiger partial charge is 0.178 e. The van der Waals surface area contributed by atoms with Gasteiger partial charge in [-0.05, 0) is 43.9 Å². The average Bonchev–Trinajstić information content (AvgIpc) is 2.36. The Balaban J connectivity index is 2.78. The van der Waals surface area contributed by atoms with Gasteiger partial charge in [0.2, 0.25) is 0 Å². The van der Waals surface area contributed by atoms with Crippen LogP contribution in [0.25, 0.3) is 0 Å². The zero-order valence-electron chi connectivity index (χ0n) is 11.4. The van der Waals surface area contributed by atoms with E-state index in [2.05, 4.69) is 0 Å². The molecule has 2 N–H and O–H groups in total. The molecule has 1 rings (SSSR count). The van der Waals surface area contributed by atoms with Gasteiger partial charge in [0.15, 0.2) is 9.84 Å². The summed E-state index contributed by atoms with van der Waals surface area (Å²) in [5.41, 5.74) is 0.858. The Kier molecular flexibility index (Phi) is 5.97. The molecule has 0 heterocycles. The molecule has 0 radical (unpaired) electrons. The lowest BCUT2D eigenvalue weighted by molar-refractivity contribution is 0.0265. The van der Waals surface area contributed by atoms with Crippen LogP contribution >= 0.6 is 0 Å². The molecule has 5 heteroatoms. The minimum absolute atomic E-state index is 0.146. The molecule has 0 aliphatic rings. The van der Waals surface area contributed by atoms with Crippen molar-refractivity contribution in [1.29, 1.82) is 0 Å². The summed E-state index contributed by atoms with van der Waals surface area (Å²) >= 11 is 0. The van der Waals surface area contributed by atoms with Crippen molar-refractivity contribution in [3.63, 3.8) is 0 Å². The summed E-state index contributed by atoms with van der Waals surface area (Å²) in [6, 6.07) is 6.80. The highest BCUT2D eigenvalue weighted by Crippen LogP contribution is 2.16. The van der Waals surface area contributed by atoms with Crippen molar-refractivity contribution >= 4 is 9.84 Å². The fraction of sp³-hybridized carbons (Fsp3) is 0.571. The van der Waals surface area contributed by atoms with Crippen LogP contribution in [0.4, 0.5) is 0 Å². The van der Waals surface area contributed by atoms with E-state index >= 15 is 0 Å². The summed E-state index contributed by atoms with van der Waals surface area (Å²) in [7, 11) is -3.20. The van der Waals surface area contributed by atoms with Gasteiger partial charge in [-0.2, -0.15) is 0 Å². The maximum absolute atomic E-state index is 11.9. The predicted octanol–water partition coefficient (Wildman–Crippen LogP) is 1.54. The van der Waals surface area contributed by atoms with E-state index in [0.717, 1.165) is 5.56 Å². The van der Waals surface area contributed by atoms with E-state index in [1.807, 2.05) is 13.0 Å². The number of aliphatic hydroxyl groups excluding tert-OH is 2. The van der Waals surface area contributed by atoms with E-state index in [1.165, 1.54) is 6.92 Å². The van der Waals surface area contributed by atoms with Gasteiger partial charge in [-0.25, -0.2) is 8.42 Å². The first kappa shape index (κ1) is 16.1. The van der Waals surface area contributed by atoms with E-state index in [-0.39, 0.29) is 5.75 Å². The molecule has 19 heavy (non-hydrogen) atoms. The lowest BCUT2D eigenvalue weighted by atomic mass is 10.0. The number of sulfone groups is 1. The second-order valence-corrected chi connectivity index (χ2v) is 6.92. The molecule has 0 aliphatic carbocycles. The number of rotatable bonds is 7. The van der Waals surface area contributed by atoms with Crippen LogP contribution in [0.15, 0.2) is 29.2 Å². The first-order valence-corrected chi connectivity index (χ1v) is 8.20. The molecule has 0 bridgehead atoms. The standard InChI is InChI=1S/C14H22O4S/c1-3-9-19(17,18)13-6-4-5-12(10-13)7-8-14(16)11(2)15/h4-6,10-11,14-16H,3,7-9H2,1-2H3. The average molecular weight is 286 g/mol. The summed E-state index contributed by atoms with van der Waals surface area (Å²) in [4.78, 5) is 0.332. The Bertz CT molecular complexity index is 494. The Labute approximate surface area is 115 Å². The highest BCUT2D eigenvalue weighted by Gasteiger charge is 2.14. The van der Waals surface area contributed by atoms with Crippen LogP contribution in [-0.4, -0.2) is 36.6 Å². The zero-order chi connectivity index (χ0) is 14.5. The summed E-state index contributed by atoms with van der Waals surface area (Å²) in [6.07, 6.45) is -0.00742. The number of aryl methyl sites for hydroxylation is 1. The SMILES string of the molecule is CCCS(=O)(=O)c1cccc(CCC(O)C(C)O)c1. The van der Waals surface area contributed by atoms with Crippen LogP contribution in [0.2, 0.25) is 0 Å². The predicted molar refractivity (Wildman–Crippen MR) is 74.8 cm³/mol. The van der Waals surface area contributed by atoms with Crippen molar-refractivity contribution in [1.82, 2.24) is 0 Å². The van der Waals surface area contributed by atoms with Gasteiger partial charge in [-0.3, -0.25) is 0 Å². The normalized spacial score (nSPS) is 15.2. The number of aliphatic hydroxyl groups is 2. The highest BCUT2D eigenvalue weighted by molar-refractivity contribution is 7.91. The molecule has 0 saturated heterocycles. The third kappa shape index (κ3) is 4.93.